The smallest absolute Gasteiger partial charge is 0.225 e. The molecule has 5 heteroatoms. The van der Waals surface area contributed by atoms with E-state index >= 15 is 0 Å². The third-order valence-electron chi connectivity index (χ3n) is 3.10. The van der Waals surface area contributed by atoms with Crippen LogP contribution in [0, 0.1) is 12.8 Å². The van der Waals surface area contributed by atoms with Crippen LogP contribution in [-0.4, -0.2) is 23.6 Å². The topological polar surface area (TPSA) is 54.2 Å². The van der Waals surface area contributed by atoms with Gasteiger partial charge in [0.05, 0.1) is 6.54 Å². The summed E-state index contributed by atoms with van der Waals surface area (Å²) < 4.78 is 5.57. The van der Waals surface area contributed by atoms with Crippen LogP contribution in [0.15, 0.2) is 28.9 Å². The van der Waals surface area contributed by atoms with Crippen LogP contribution in [0.25, 0.3) is 0 Å². The van der Waals surface area contributed by atoms with E-state index in [1.54, 1.807) is 0 Å². The normalized spacial score (nSPS) is 11.1. The van der Waals surface area contributed by atoms with Crippen molar-refractivity contribution in [2.45, 2.75) is 33.9 Å². The molecule has 0 aliphatic heterocycles. The van der Waals surface area contributed by atoms with Gasteiger partial charge in [-0.15, -0.1) is 0 Å². The Balaban J connectivity index is 1.88. The fraction of sp³-hybridized carbons (Fsp3) is 0.500. The summed E-state index contributed by atoms with van der Waals surface area (Å²) in [5.74, 6) is 3.19. The number of hydrogen-bond donors (Lipinski definition) is 1. The number of anilines is 1. The maximum atomic E-state index is 5.57. The van der Waals surface area contributed by atoms with Gasteiger partial charge in [-0.3, -0.25) is 0 Å². The minimum absolute atomic E-state index is 0.646. The first-order chi connectivity index (χ1) is 10.0. The second kappa shape index (κ2) is 7.22. The number of rotatable bonds is 7. The maximum Gasteiger partial charge on any atom is 0.225 e. The third-order valence-corrected chi connectivity index (χ3v) is 3.10. The predicted octanol–water partition coefficient (Wildman–Crippen LogP) is 2.76. The molecule has 2 heterocycles. The number of hydrogen-bond acceptors (Lipinski definition) is 5. The molecule has 0 amide bonds. The van der Waals surface area contributed by atoms with Gasteiger partial charge in [0.25, 0.3) is 0 Å². The number of furan rings is 1. The molecular formula is C16H24N4O. The first-order valence-electron chi connectivity index (χ1n) is 7.32. The Morgan fingerprint density at radius 3 is 2.52 bits per heavy atom. The standard InChI is InChI=1S/C16H24N4O/c1-12(2)7-17-8-14-9-18-16(19-10-14)20(4)11-15-6-5-13(3)21-15/h5-6,9-10,12,17H,7-8,11H2,1-4H3. The van der Waals surface area contributed by atoms with E-state index < -0.39 is 0 Å². The molecule has 0 radical (unpaired) electrons. The zero-order chi connectivity index (χ0) is 15.2. The average Bonchev–Trinajstić information content (AvgIpc) is 2.84. The quantitative estimate of drug-likeness (QED) is 0.849. The summed E-state index contributed by atoms with van der Waals surface area (Å²) in [6, 6.07) is 3.95. The van der Waals surface area contributed by atoms with Crippen molar-refractivity contribution in [2.24, 2.45) is 5.92 Å². The Morgan fingerprint density at radius 1 is 1.24 bits per heavy atom. The Kier molecular flexibility index (Phi) is 5.33. The molecule has 0 fully saturated rings. The molecule has 0 aliphatic rings. The van der Waals surface area contributed by atoms with Crippen LogP contribution < -0.4 is 10.2 Å². The molecule has 0 atom stereocenters. The first-order valence-corrected chi connectivity index (χ1v) is 7.32. The van der Waals surface area contributed by atoms with Crippen LogP contribution in [0.2, 0.25) is 0 Å². The minimum Gasteiger partial charge on any atom is -0.464 e. The Morgan fingerprint density at radius 2 is 1.95 bits per heavy atom. The Hall–Kier alpha value is -1.88. The van der Waals surface area contributed by atoms with Crippen molar-refractivity contribution in [3.8, 4) is 0 Å². The lowest BCUT2D eigenvalue weighted by atomic mass is 10.2. The molecule has 0 saturated heterocycles. The van der Waals surface area contributed by atoms with Crippen molar-refractivity contribution < 1.29 is 4.42 Å². The summed E-state index contributed by atoms with van der Waals surface area (Å²) in [6.07, 6.45) is 3.75. The van der Waals surface area contributed by atoms with E-state index in [2.05, 4.69) is 29.1 Å². The van der Waals surface area contributed by atoms with Gasteiger partial charge in [0, 0.05) is 31.5 Å². The van der Waals surface area contributed by atoms with Crippen molar-refractivity contribution in [2.75, 3.05) is 18.5 Å². The molecule has 0 spiro atoms. The molecule has 5 nitrogen and oxygen atoms in total. The van der Waals surface area contributed by atoms with Gasteiger partial charge in [-0.1, -0.05) is 13.8 Å². The zero-order valence-electron chi connectivity index (χ0n) is 13.3. The lowest BCUT2D eigenvalue weighted by Crippen LogP contribution is -2.21. The van der Waals surface area contributed by atoms with Gasteiger partial charge in [-0.05, 0) is 31.5 Å². The minimum atomic E-state index is 0.646. The van der Waals surface area contributed by atoms with Gasteiger partial charge < -0.3 is 14.6 Å². The molecule has 2 aromatic rings. The zero-order valence-corrected chi connectivity index (χ0v) is 13.3. The van der Waals surface area contributed by atoms with Crippen molar-refractivity contribution in [1.82, 2.24) is 15.3 Å². The second-order valence-corrected chi connectivity index (χ2v) is 5.78. The largest absolute Gasteiger partial charge is 0.464 e. The molecule has 0 aliphatic carbocycles. The fourth-order valence-corrected chi connectivity index (χ4v) is 2.02. The van der Waals surface area contributed by atoms with Crippen molar-refractivity contribution in [3.05, 3.63) is 41.6 Å². The van der Waals surface area contributed by atoms with E-state index in [9.17, 15) is 0 Å². The number of aromatic nitrogens is 2. The highest BCUT2D eigenvalue weighted by atomic mass is 16.3. The molecule has 0 aromatic carbocycles. The van der Waals surface area contributed by atoms with Crippen molar-refractivity contribution in [3.63, 3.8) is 0 Å². The predicted molar refractivity (Wildman–Crippen MR) is 84.1 cm³/mol. The van der Waals surface area contributed by atoms with Gasteiger partial charge >= 0.3 is 0 Å². The number of aryl methyl sites for hydroxylation is 1. The lowest BCUT2D eigenvalue weighted by Gasteiger charge is -2.15. The van der Waals surface area contributed by atoms with E-state index in [0.717, 1.165) is 30.2 Å². The van der Waals surface area contributed by atoms with Crippen molar-refractivity contribution >= 4 is 5.95 Å². The van der Waals surface area contributed by atoms with E-state index in [-0.39, 0.29) is 0 Å². The highest BCUT2D eigenvalue weighted by Gasteiger charge is 2.07. The number of nitrogens with zero attached hydrogens (tertiary/aromatic N) is 3. The number of nitrogens with one attached hydrogen (secondary N) is 1. The summed E-state index contributed by atoms with van der Waals surface area (Å²) in [5.41, 5.74) is 1.10. The molecule has 0 unspecified atom stereocenters. The second-order valence-electron chi connectivity index (χ2n) is 5.78. The highest BCUT2D eigenvalue weighted by molar-refractivity contribution is 5.29. The maximum absolute atomic E-state index is 5.57. The van der Waals surface area contributed by atoms with Crippen LogP contribution in [0.3, 0.4) is 0 Å². The van der Waals surface area contributed by atoms with Crippen LogP contribution >= 0.6 is 0 Å². The Labute approximate surface area is 126 Å². The summed E-state index contributed by atoms with van der Waals surface area (Å²) in [6.45, 7) is 8.80. The monoisotopic (exact) mass is 288 g/mol. The molecular weight excluding hydrogens is 264 g/mol. The van der Waals surface area contributed by atoms with E-state index in [4.69, 9.17) is 4.42 Å². The van der Waals surface area contributed by atoms with Gasteiger partial charge in [0.1, 0.15) is 11.5 Å². The summed E-state index contributed by atoms with van der Waals surface area (Å²) in [7, 11) is 1.96. The summed E-state index contributed by atoms with van der Waals surface area (Å²) in [5, 5.41) is 3.38. The molecule has 1 N–H and O–H groups in total. The van der Waals surface area contributed by atoms with Crippen LogP contribution in [0.4, 0.5) is 5.95 Å². The first kappa shape index (κ1) is 15.5. The Bertz CT molecular complexity index is 548. The SMILES string of the molecule is Cc1ccc(CN(C)c2ncc(CNCC(C)C)cn2)o1. The van der Waals surface area contributed by atoms with E-state index in [1.165, 1.54) is 0 Å². The lowest BCUT2D eigenvalue weighted by molar-refractivity contribution is 0.480. The highest BCUT2D eigenvalue weighted by Crippen LogP contribution is 2.12. The van der Waals surface area contributed by atoms with Gasteiger partial charge in [-0.25, -0.2) is 9.97 Å². The van der Waals surface area contributed by atoms with Crippen LogP contribution in [0.5, 0.6) is 0 Å². The molecule has 0 saturated carbocycles. The van der Waals surface area contributed by atoms with E-state index in [1.807, 2.05) is 43.4 Å². The molecule has 21 heavy (non-hydrogen) atoms. The summed E-state index contributed by atoms with van der Waals surface area (Å²) in [4.78, 5) is 10.8. The van der Waals surface area contributed by atoms with Crippen molar-refractivity contribution in [1.29, 1.82) is 0 Å². The molecule has 114 valence electrons. The van der Waals surface area contributed by atoms with Gasteiger partial charge in [0.15, 0.2) is 0 Å². The van der Waals surface area contributed by atoms with Crippen LogP contribution in [0.1, 0.15) is 30.9 Å². The van der Waals surface area contributed by atoms with Gasteiger partial charge in [0.2, 0.25) is 5.95 Å². The molecule has 2 aromatic heterocycles. The summed E-state index contributed by atoms with van der Waals surface area (Å²) >= 11 is 0. The molecule has 0 bridgehead atoms. The third kappa shape index (κ3) is 4.86. The van der Waals surface area contributed by atoms with E-state index in [0.29, 0.717) is 18.4 Å². The average molecular weight is 288 g/mol. The fourth-order valence-electron chi connectivity index (χ4n) is 2.02. The van der Waals surface area contributed by atoms with Gasteiger partial charge in [-0.2, -0.15) is 0 Å². The molecule has 2 rings (SSSR count). The van der Waals surface area contributed by atoms with Crippen LogP contribution in [-0.2, 0) is 13.1 Å².